The van der Waals surface area contributed by atoms with Gasteiger partial charge in [-0.25, -0.2) is 8.42 Å². The molecule has 262 valence electrons. The maximum atomic E-state index is 13.5. The number of allylic oxidation sites excluding steroid dienone is 3. The SMILES string of the molecule is CCN(c1ccc2c(c1)[Si]C1=CC(C)(N(CC)c3ccccc3C)C=CC1=C2c1ccccc1C(=O)CS(=O)(=O)C(F)(F)F)c1ccccc1C. The molecule has 1 atom stereocenters. The Labute approximate surface area is 300 Å². The number of sulfone groups is 1. The molecule has 4 aromatic carbocycles. The summed E-state index contributed by atoms with van der Waals surface area (Å²) in [7, 11) is -5.44. The number of nitrogens with zero attached hydrogens (tertiary/aromatic N) is 2. The molecule has 1 unspecified atom stereocenters. The summed E-state index contributed by atoms with van der Waals surface area (Å²) in [6.07, 6.45) is 6.43. The predicted molar refractivity (Wildman–Crippen MR) is 202 cm³/mol. The summed E-state index contributed by atoms with van der Waals surface area (Å²) in [4.78, 5) is 18.1. The van der Waals surface area contributed by atoms with Crippen molar-refractivity contribution >= 4 is 53.0 Å². The first-order valence-corrected chi connectivity index (χ1v) is 19.5. The number of para-hydroxylation sites is 2. The van der Waals surface area contributed by atoms with Crippen molar-refractivity contribution in [3.8, 4) is 0 Å². The zero-order chi connectivity index (χ0) is 36.7. The summed E-state index contributed by atoms with van der Waals surface area (Å²) in [5.41, 5.74) is 2.13. The van der Waals surface area contributed by atoms with Crippen LogP contribution in [0.4, 0.5) is 30.2 Å². The lowest BCUT2D eigenvalue weighted by Gasteiger charge is -2.42. The van der Waals surface area contributed by atoms with Gasteiger partial charge in [0, 0.05) is 35.7 Å². The van der Waals surface area contributed by atoms with Crippen molar-refractivity contribution in [1.82, 2.24) is 0 Å². The highest BCUT2D eigenvalue weighted by Gasteiger charge is 2.47. The van der Waals surface area contributed by atoms with E-state index >= 15 is 0 Å². The number of aryl methyl sites for hydroxylation is 2. The third-order valence-corrected chi connectivity index (χ3v) is 12.3. The number of benzene rings is 4. The van der Waals surface area contributed by atoms with E-state index in [1.165, 1.54) is 6.07 Å². The molecule has 2 aliphatic rings. The first kappa shape index (κ1) is 36.1. The fourth-order valence-corrected chi connectivity index (χ4v) is 9.35. The molecular weight excluding hydrogens is 686 g/mol. The van der Waals surface area contributed by atoms with Crippen molar-refractivity contribution in [1.29, 1.82) is 0 Å². The second-order valence-electron chi connectivity index (χ2n) is 13.0. The van der Waals surface area contributed by atoms with E-state index in [4.69, 9.17) is 0 Å². The Morgan fingerprint density at radius 2 is 1.45 bits per heavy atom. The molecule has 2 radical (unpaired) electrons. The lowest BCUT2D eigenvalue weighted by Crippen LogP contribution is -2.46. The van der Waals surface area contributed by atoms with Gasteiger partial charge in [0.1, 0.15) is 15.3 Å². The molecule has 0 spiro atoms. The second-order valence-corrected chi connectivity index (χ2v) is 16.3. The van der Waals surface area contributed by atoms with E-state index in [1.807, 2.05) is 36.4 Å². The number of likely N-dealkylation sites (N-methyl/N-ethyl adjacent to an activating group) is 1. The van der Waals surface area contributed by atoms with E-state index in [0.717, 1.165) is 62.8 Å². The van der Waals surface area contributed by atoms with Crippen molar-refractivity contribution in [3.05, 3.63) is 148 Å². The van der Waals surface area contributed by atoms with Crippen LogP contribution in [0.3, 0.4) is 0 Å². The topological polar surface area (TPSA) is 57.7 Å². The van der Waals surface area contributed by atoms with Crippen LogP contribution in [0.25, 0.3) is 5.57 Å². The molecule has 10 heteroatoms. The summed E-state index contributed by atoms with van der Waals surface area (Å²) < 4.78 is 64.5. The number of hydrogen-bond donors (Lipinski definition) is 0. The van der Waals surface area contributed by atoms with Gasteiger partial charge in [0.25, 0.3) is 9.84 Å². The van der Waals surface area contributed by atoms with Gasteiger partial charge in [-0.1, -0.05) is 90.2 Å². The normalized spacial score (nSPS) is 17.1. The van der Waals surface area contributed by atoms with E-state index in [-0.39, 0.29) is 15.1 Å². The predicted octanol–water partition coefficient (Wildman–Crippen LogP) is 8.46. The smallest absolute Gasteiger partial charge is 0.359 e. The number of fused-ring (bicyclic) bond motifs is 2. The number of rotatable bonds is 10. The molecule has 4 aromatic rings. The third-order valence-electron chi connectivity index (χ3n) is 9.63. The summed E-state index contributed by atoms with van der Waals surface area (Å²) in [6.45, 7) is 12.0. The maximum absolute atomic E-state index is 13.5. The molecular formula is C41H39F3N2O3SSi. The number of anilines is 3. The Hall–Kier alpha value is -4.67. The monoisotopic (exact) mass is 724 g/mol. The maximum Gasteiger partial charge on any atom is 0.497 e. The van der Waals surface area contributed by atoms with Crippen molar-refractivity contribution < 1.29 is 26.4 Å². The summed E-state index contributed by atoms with van der Waals surface area (Å²) in [5.74, 6) is -2.77. The average Bonchev–Trinajstić information content (AvgIpc) is 3.08. The molecule has 1 aliphatic heterocycles. The molecule has 0 aromatic heterocycles. The lowest BCUT2D eigenvalue weighted by molar-refractivity contribution is -0.0434. The van der Waals surface area contributed by atoms with Gasteiger partial charge in [0.2, 0.25) is 0 Å². The zero-order valence-electron chi connectivity index (χ0n) is 29.2. The standard InChI is InChI=1S/C41H39F3N2O3SSi/c1-6-45(34-18-12-8-14-27(34)3)29-20-21-32-37(24-29)51-38-25-40(5,46(7-2)35-19-13-9-15-28(35)4)23-22-33(38)39(32)31-17-11-10-16-30(31)36(47)26-50(48,49)41(42,43)44/h8-25H,6-7,26H2,1-5H3. The number of carbonyl (C=O) groups excluding carboxylic acids is 1. The minimum Gasteiger partial charge on any atom is -0.359 e. The largest absolute Gasteiger partial charge is 0.497 e. The number of Topliss-reactive ketones (excluding diaryl/α,β-unsaturated/α-hetero) is 1. The van der Waals surface area contributed by atoms with Crippen LogP contribution in [0.2, 0.25) is 0 Å². The number of alkyl halides is 3. The van der Waals surface area contributed by atoms with Gasteiger partial charge in [-0.05, 0) is 97.5 Å². The van der Waals surface area contributed by atoms with Gasteiger partial charge >= 0.3 is 5.51 Å². The van der Waals surface area contributed by atoms with Gasteiger partial charge in [-0.15, -0.1) is 0 Å². The summed E-state index contributed by atoms with van der Waals surface area (Å²) in [5, 5.41) is 2.06. The molecule has 0 saturated carbocycles. The number of halogens is 3. The molecule has 0 saturated heterocycles. The highest BCUT2D eigenvalue weighted by atomic mass is 32.2. The molecule has 1 heterocycles. The van der Waals surface area contributed by atoms with Crippen LogP contribution in [0.15, 0.2) is 120 Å². The fourth-order valence-electron chi connectivity index (χ4n) is 7.12. The number of carbonyl (C=O) groups is 1. The third kappa shape index (κ3) is 6.74. The molecule has 0 fully saturated rings. The van der Waals surface area contributed by atoms with Crippen LogP contribution in [0.5, 0.6) is 0 Å². The van der Waals surface area contributed by atoms with Crippen molar-refractivity contribution in [2.45, 2.75) is 45.7 Å². The van der Waals surface area contributed by atoms with Gasteiger partial charge < -0.3 is 9.80 Å². The molecule has 0 N–H and O–H groups in total. The van der Waals surface area contributed by atoms with Crippen LogP contribution >= 0.6 is 0 Å². The average molecular weight is 725 g/mol. The first-order valence-electron chi connectivity index (χ1n) is 16.8. The van der Waals surface area contributed by atoms with Gasteiger partial charge in [0.15, 0.2) is 5.78 Å². The lowest BCUT2D eigenvalue weighted by atomic mass is 9.83. The van der Waals surface area contributed by atoms with E-state index in [1.54, 1.807) is 18.2 Å². The van der Waals surface area contributed by atoms with Gasteiger partial charge in [0.05, 0.1) is 5.54 Å². The van der Waals surface area contributed by atoms with Crippen molar-refractivity contribution in [2.75, 3.05) is 28.6 Å². The molecule has 51 heavy (non-hydrogen) atoms. The van der Waals surface area contributed by atoms with Gasteiger partial charge in [-0.2, -0.15) is 13.2 Å². The quantitative estimate of drug-likeness (QED) is 0.121. The molecule has 0 bridgehead atoms. The highest BCUT2D eigenvalue weighted by molar-refractivity contribution is 7.93. The first-order chi connectivity index (χ1) is 24.2. The van der Waals surface area contributed by atoms with Crippen LogP contribution in [-0.4, -0.2) is 53.6 Å². The Morgan fingerprint density at radius 1 is 0.824 bits per heavy atom. The van der Waals surface area contributed by atoms with E-state index in [0.29, 0.717) is 11.1 Å². The highest BCUT2D eigenvalue weighted by Crippen LogP contribution is 2.42. The number of ketones is 1. The Kier molecular flexibility index (Phi) is 9.78. The van der Waals surface area contributed by atoms with E-state index < -0.39 is 32.4 Å². The van der Waals surface area contributed by atoms with E-state index in [9.17, 15) is 26.4 Å². The molecule has 5 nitrogen and oxygen atoms in total. The summed E-state index contributed by atoms with van der Waals surface area (Å²) >= 11 is 0. The second kappa shape index (κ2) is 13.8. The van der Waals surface area contributed by atoms with Crippen molar-refractivity contribution in [3.63, 3.8) is 0 Å². The Balaban J connectivity index is 1.55. The van der Waals surface area contributed by atoms with Crippen LogP contribution in [0, 0.1) is 13.8 Å². The Morgan fingerprint density at radius 3 is 2.08 bits per heavy atom. The Bertz CT molecular complexity index is 2220. The number of hydrogen-bond acceptors (Lipinski definition) is 5. The molecule has 1 aliphatic carbocycles. The van der Waals surface area contributed by atoms with Gasteiger partial charge in [-0.3, -0.25) is 4.79 Å². The molecule has 0 amide bonds. The van der Waals surface area contributed by atoms with E-state index in [2.05, 4.69) is 93.0 Å². The fraction of sp³-hybridized carbons (Fsp3) is 0.244. The minimum absolute atomic E-state index is 0.0700. The van der Waals surface area contributed by atoms with Crippen LogP contribution < -0.4 is 15.0 Å². The van der Waals surface area contributed by atoms with Crippen LogP contribution in [-0.2, 0) is 9.84 Å². The van der Waals surface area contributed by atoms with Crippen molar-refractivity contribution in [2.24, 2.45) is 0 Å². The zero-order valence-corrected chi connectivity index (χ0v) is 31.0. The summed E-state index contributed by atoms with van der Waals surface area (Å²) in [6, 6.07) is 29.0. The molecule has 6 rings (SSSR count). The van der Waals surface area contributed by atoms with Crippen LogP contribution in [0.1, 0.15) is 53.4 Å². The minimum atomic E-state index is -5.68.